The Labute approximate surface area is 138 Å². The number of carbonyl (C=O) groups excluding carboxylic acids is 1. The zero-order chi connectivity index (χ0) is 15.8. The van der Waals surface area contributed by atoms with Crippen LogP contribution in [0.5, 0.6) is 0 Å². The van der Waals surface area contributed by atoms with Crippen molar-refractivity contribution in [2.45, 2.75) is 19.3 Å². The number of hydrogen-bond donors (Lipinski definition) is 1. The van der Waals surface area contributed by atoms with E-state index in [2.05, 4.69) is 10.3 Å². The third kappa shape index (κ3) is 2.70. The second-order valence-electron chi connectivity index (χ2n) is 5.79. The highest BCUT2D eigenvalue weighted by atomic mass is 35.5. The molecule has 1 aromatic heterocycles. The standard InChI is InChI=1S/C18H15ClN2O2/c19-12-8-9-16-15(10-12)21-18(23-16)13-6-1-2-7-14(13)20-17(22)11-4-3-5-11/h1-2,6-11H,3-5H2,(H,20,22). The van der Waals surface area contributed by atoms with Gasteiger partial charge in [-0.1, -0.05) is 30.2 Å². The third-order valence-corrected chi connectivity index (χ3v) is 4.48. The average molecular weight is 327 g/mol. The van der Waals surface area contributed by atoms with E-state index in [9.17, 15) is 4.79 Å². The molecule has 0 bridgehead atoms. The van der Waals surface area contributed by atoms with Crippen molar-refractivity contribution in [3.8, 4) is 11.5 Å². The van der Waals surface area contributed by atoms with Crippen molar-refractivity contribution in [1.29, 1.82) is 0 Å². The van der Waals surface area contributed by atoms with Crippen molar-refractivity contribution in [1.82, 2.24) is 4.98 Å². The van der Waals surface area contributed by atoms with Gasteiger partial charge in [-0.05, 0) is 43.2 Å². The Morgan fingerprint density at radius 2 is 2.04 bits per heavy atom. The number of carbonyl (C=O) groups is 1. The first kappa shape index (κ1) is 14.3. The molecule has 4 nitrogen and oxygen atoms in total. The number of halogens is 1. The highest BCUT2D eigenvalue weighted by molar-refractivity contribution is 6.31. The van der Waals surface area contributed by atoms with E-state index < -0.39 is 0 Å². The van der Waals surface area contributed by atoms with Crippen molar-refractivity contribution >= 4 is 34.3 Å². The first-order valence-electron chi connectivity index (χ1n) is 7.67. The molecular formula is C18H15ClN2O2. The maximum Gasteiger partial charge on any atom is 0.229 e. The molecule has 23 heavy (non-hydrogen) atoms. The van der Waals surface area contributed by atoms with Gasteiger partial charge in [0.15, 0.2) is 5.58 Å². The van der Waals surface area contributed by atoms with Crippen molar-refractivity contribution in [2.75, 3.05) is 5.32 Å². The molecule has 0 aliphatic heterocycles. The van der Waals surface area contributed by atoms with E-state index in [0.717, 1.165) is 30.5 Å². The second-order valence-corrected chi connectivity index (χ2v) is 6.23. The summed E-state index contributed by atoms with van der Waals surface area (Å²) in [4.78, 5) is 16.7. The Morgan fingerprint density at radius 3 is 2.83 bits per heavy atom. The summed E-state index contributed by atoms with van der Waals surface area (Å²) in [5, 5.41) is 3.62. The van der Waals surface area contributed by atoms with Crippen LogP contribution in [0.15, 0.2) is 46.9 Å². The lowest BCUT2D eigenvalue weighted by Gasteiger charge is -2.24. The molecule has 1 saturated carbocycles. The van der Waals surface area contributed by atoms with E-state index in [0.29, 0.717) is 22.0 Å². The first-order valence-corrected chi connectivity index (χ1v) is 8.05. The number of para-hydroxylation sites is 1. The van der Waals surface area contributed by atoms with Gasteiger partial charge in [0.2, 0.25) is 11.8 Å². The van der Waals surface area contributed by atoms with E-state index in [1.807, 2.05) is 24.3 Å². The molecule has 0 radical (unpaired) electrons. The number of nitrogens with one attached hydrogen (secondary N) is 1. The van der Waals surface area contributed by atoms with Crippen molar-refractivity contribution < 1.29 is 9.21 Å². The van der Waals surface area contributed by atoms with Crippen LogP contribution in [0.3, 0.4) is 0 Å². The highest BCUT2D eigenvalue weighted by Crippen LogP contribution is 2.33. The first-order chi connectivity index (χ1) is 11.2. The van der Waals surface area contributed by atoms with E-state index in [1.165, 1.54) is 0 Å². The Balaban J connectivity index is 1.70. The fourth-order valence-corrected chi connectivity index (χ4v) is 2.87. The topological polar surface area (TPSA) is 55.1 Å². The van der Waals surface area contributed by atoms with Gasteiger partial charge < -0.3 is 9.73 Å². The summed E-state index contributed by atoms with van der Waals surface area (Å²) in [6, 6.07) is 12.9. The second kappa shape index (κ2) is 5.70. The molecule has 4 rings (SSSR count). The van der Waals surface area contributed by atoms with Crippen LogP contribution in [0.2, 0.25) is 5.02 Å². The van der Waals surface area contributed by atoms with Crippen LogP contribution in [-0.2, 0) is 4.79 Å². The normalized spacial score (nSPS) is 14.7. The van der Waals surface area contributed by atoms with Gasteiger partial charge >= 0.3 is 0 Å². The number of fused-ring (bicyclic) bond motifs is 1. The summed E-state index contributed by atoms with van der Waals surface area (Å²) in [5.41, 5.74) is 2.87. The fraction of sp³-hybridized carbons (Fsp3) is 0.222. The van der Waals surface area contributed by atoms with Gasteiger partial charge in [0, 0.05) is 10.9 Å². The molecule has 1 heterocycles. The number of hydrogen-bond acceptors (Lipinski definition) is 3. The molecule has 0 atom stereocenters. The van der Waals surface area contributed by atoms with Crippen LogP contribution in [-0.4, -0.2) is 10.9 Å². The van der Waals surface area contributed by atoms with E-state index in [-0.39, 0.29) is 11.8 Å². The molecular weight excluding hydrogens is 312 g/mol. The third-order valence-electron chi connectivity index (χ3n) is 4.24. The van der Waals surface area contributed by atoms with Gasteiger partial charge in [-0.25, -0.2) is 4.98 Å². The lowest BCUT2D eigenvalue weighted by atomic mass is 9.85. The van der Waals surface area contributed by atoms with Gasteiger partial charge in [0.05, 0.1) is 11.3 Å². The van der Waals surface area contributed by atoms with Gasteiger partial charge in [-0.3, -0.25) is 4.79 Å². The molecule has 1 aliphatic rings. The number of nitrogens with zero attached hydrogens (tertiary/aromatic N) is 1. The Hall–Kier alpha value is -2.33. The van der Waals surface area contributed by atoms with Crippen molar-refractivity contribution in [3.05, 3.63) is 47.5 Å². The zero-order valence-electron chi connectivity index (χ0n) is 12.4. The lowest BCUT2D eigenvalue weighted by molar-refractivity contribution is -0.122. The molecule has 0 unspecified atom stereocenters. The molecule has 1 aliphatic carbocycles. The molecule has 2 aromatic carbocycles. The quantitative estimate of drug-likeness (QED) is 0.745. The Kier molecular flexibility index (Phi) is 3.54. The van der Waals surface area contributed by atoms with Crippen LogP contribution < -0.4 is 5.32 Å². The fourth-order valence-electron chi connectivity index (χ4n) is 2.70. The number of rotatable bonds is 3. The Bertz CT molecular complexity index is 884. The minimum atomic E-state index is 0.0721. The summed E-state index contributed by atoms with van der Waals surface area (Å²) >= 11 is 5.99. The van der Waals surface area contributed by atoms with E-state index >= 15 is 0 Å². The SMILES string of the molecule is O=C(Nc1ccccc1-c1nc2cc(Cl)ccc2o1)C1CCC1. The predicted octanol–water partition coefficient (Wildman–Crippen LogP) is 4.89. The molecule has 1 N–H and O–H groups in total. The summed E-state index contributed by atoms with van der Waals surface area (Å²) in [5.74, 6) is 0.681. The summed E-state index contributed by atoms with van der Waals surface area (Å²) in [7, 11) is 0. The summed E-state index contributed by atoms with van der Waals surface area (Å²) < 4.78 is 5.81. The minimum Gasteiger partial charge on any atom is -0.436 e. The average Bonchev–Trinajstić information content (AvgIpc) is 2.88. The van der Waals surface area contributed by atoms with E-state index in [4.69, 9.17) is 16.0 Å². The number of aromatic nitrogens is 1. The number of anilines is 1. The van der Waals surface area contributed by atoms with Crippen LogP contribution in [0.1, 0.15) is 19.3 Å². The summed E-state index contributed by atoms with van der Waals surface area (Å²) in [6.45, 7) is 0. The molecule has 5 heteroatoms. The maximum atomic E-state index is 12.2. The molecule has 3 aromatic rings. The van der Waals surface area contributed by atoms with Crippen molar-refractivity contribution in [3.63, 3.8) is 0 Å². The Morgan fingerprint density at radius 1 is 1.22 bits per heavy atom. The molecule has 1 fully saturated rings. The van der Waals surface area contributed by atoms with E-state index in [1.54, 1.807) is 18.2 Å². The van der Waals surface area contributed by atoms with Crippen LogP contribution in [0.4, 0.5) is 5.69 Å². The predicted molar refractivity (Wildman–Crippen MR) is 90.4 cm³/mol. The van der Waals surface area contributed by atoms with Crippen LogP contribution in [0.25, 0.3) is 22.6 Å². The molecule has 1 amide bonds. The molecule has 116 valence electrons. The highest BCUT2D eigenvalue weighted by Gasteiger charge is 2.26. The number of oxazole rings is 1. The largest absolute Gasteiger partial charge is 0.436 e. The van der Waals surface area contributed by atoms with Gasteiger partial charge in [-0.2, -0.15) is 0 Å². The van der Waals surface area contributed by atoms with Crippen LogP contribution in [0, 0.1) is 5.92 Å². The molecule has 0 saturated heterocycles. The van der Waals surface area contributed by atoms with Gasteiger partial charge in [0.1, 0.15) is 5.52 Å². The smallest absolute Gasteiger partial charge is 0.229 e. The maximum absolute atomic E-state index is 12.2. The number of amides is 1. The zero-order valence-corrected chi connectivity index (χ0v) is 13.1. The van der Waals surface area contributed by atoms with Gasteiger partial charge in [0.25, 0.3) is 0 Å². The van der Waals surface area contributed by atoms with Gasteiger partial charge in [-0.15, -0.1) is 0 Å². The van der Waals surface area contributed by atoms with Crippen LogP contribution >= 0.6 is 11.6 Å². The summed E-state index contributed by atoms with van der Waals surface area (Å²) in [6.07, 6.45) is 3.07. The lowest BCUT2D eigenvalue weighted by Crippen LogP contribution is -2.28. The number of benzene rings is 2. The minimum absolute atomic E-state index is 0.0721. The monoisotopic (exact) mass is 326 g/mol. The van der Waals surface area contributed by atoms with Crippen molar-refractivity contribution in [2.24, 2.45) is 5.92 Å². The molecule has 0 spiro atoms.